The molecule has 2 rings (SSSR count). The highest BCUT2D eigenvalue weighted by Gasteiger charge is 2.62. The molecule has 0 bridgehead atoms. The first kappa shape index (κ1) is 17.6. The van der Waals surface area contributed by atoms with Crippen molar-refractivity contribution in [3.63, 3.8) is 0 Å². The minimum absolute atomic E-state index is 0.225. The zero-order valence-electron chi connectivity index (χ0n) is 15.7. The van der Waals surface area contributed by atoms with Crippen molar-refractivity contribution in [3.05, 3.63) is 24.3 Å². The fourth-order valence-corrected chi connectivity index (χ4v) is 34.8. The van der Waals surface area contributed by atoms with Crippen molar-refractivity contribution < 1.29 is 0 Å². The van der Waals surface area contributed by atoms with Crippen molar-refractivity contribution in [1.82, 2.24) is 15.0 Å². The van der Waals surface area contributed by atoms with Crippen LogP contribution < -0.4 is 0 Å². The molecule has 2 aromatic rings. The Morgan fingerprint density at radius 2 is 1.23 bits per heavy atom. The molecule has 1 aromatic carbocycles. The molecule has 0 aliphatic rings. The maximum atomic E-state index is 4.74. The lowest BCUT2D eigenvalue weighted by atomic mass is 10.3. The minimum Gasteiger partial charge on any atom is -0.247 e. The number of rotatable bonds is 4. The molecule has 0 amide bonds. The predicted octanol–water partition coefficient (Wildman–Crippen LogP) is 4.76. The van der Waals surface area contributed by atoms with Crippen LogP contribution in [0.3, 0.4) is 0 Å². The molecule has 0 saturated carbocycles. The third-order valence-electron chi connectivity index (χ3n) is 4.93. The molecule has 0 fully saturated rings. The highest BCUT2D eigenvalue weighted by atomic mass is 28.5. The van der Waals surface area contributed by atoms with E-state index in [9.17, 15) is 0 Å². The van der Waals surface area contributed by atoms with Gasteiger partial charge in [-0.1, -0.05) is 76.3 Å². The van der Waals surface area contributed by atoms with Crippen molar-refractivity contribution in [2.24, 2.45) is 0 Å². The Kier molecular flexibility index (Phi) is 4.12. The largest absolute Gasteiger partial charge is 0.247 e. The van der Waals surface area contributed by atoms with Gasteiger partial charge >= 0.3 is 0 Å². The number of aromatic nitrogens is 3. The van der Waals surface area contributed by atoms with E-state index in [4.69, 9.17) is 5.21 Å². The molecule has 1 aromatic heterocycles. The van der Waals surface area contributed by atoms with Gasteiger partial charge in [-0.2, -0.15) is 0 Å². The molecule has 0 spiro atoms. The van der Waals surface area contributed by atoms with Crippen LogP contribution in [0.1, 0.15) is 0 Å². The third-order valence-corrected chi connectivity index (χ3v) is 25.6. The Labute approximate surface area is 138 Å². The number of fused-ring (bicyclic) bond motifs is 1. The quantitative estimate of drug-likeness (QED) is 0.745. The van der Waals surface area contributed by atoms with Crippen molar-refractivity contribution >= 4 is 35.3 Å². The molecule has 0 radical (unpaired) electrons. The first-order chi connectivity index (χ1) is 9.84. The van der Waals surface area contributed by atoms with Crippen LogP contribution in [0.25, 0.3) is 11.0 Å². The first-order valence-electron chi connectivity index (χ1n) is 8.15. The molecule has 0 aliphatic heterocycles. The molecule has 0 N–H and O–H groups in total. The van der Waals surface area contributed by atoms with Crippen LogP contribution in [0.2, 0.25) is 58.9 Å². The molecule has 0 aliphatic carbocycles. The van der Waals surface area contributed by atoms with Gasteiger partial charge in [0.05, 0.1) is 29.7 Å². The monoisotopic (exact) mass is 349 g/mol. The van der Waals surface area contributed by atoms with E-state index in [0.29, 0.717) is 0 Å². The van der Waals surface area contributed by atoms with Gasteiger partial charge in [0.15, 0.2) is 0 Å². The molecule has 0 unspecified atom stereocenters. The lowest BCUT2D eigenvalue weighted by Crippen LogP contribution is -2.77. The summed E-state index contributed by atoms with van der Waals surface area (Å²) in [6.45, 7) is 22.7. The fourth-order valence-electron chi connectivity index (χ4n) is 5.44. The average molecular weight is 350 g/mol. The number of benzene rings is 1. The Hall–Kier alpha value is -0.729. The lowest BCUT2D eigenvalue weighted by molar-refractivity contribution is 0.598. The normalized spacial score (nSPS) is 14.6. The molecule has 122 valence electrons. The lowest BCUT2D eigenvalue weighted by Gasteiger charge is -2.58. The van der Waals surface area contributed by atoms with Crippen LogP contribution >= 0.6 is 0 Å². The summed E-state index contributed by atoms with van der Waals surface area (Å²) in [5, 5.41) is 9.24. The summed E-state index contributed by atoms with van der Waals surface area (Å²) in [6, 6.07) is 8.46. The van der Waals surface area contributed by atoms with E-state index < -0.39 is 24.2 Å². The summed E-state index contributed by atoms with van der Waals surface area (Å²) in [4.78, 5) is 0. The summed E-state index contributed by atoms with van der Waals surface area (Å²) in [6.07, 6.45) is 0. The van der Waals surface area contributed by atoms with Gasteiger partial charge in [-0.3, -0.25) is 0 Å². The predicted molar refractivity (Wildman–Crippen MR) is 106 cm³/mol. The van der Waals surface area contributed by atoms with Gasteiger partial charge in [0, 0.05) is 4.41 Å². The molecule has 3 nitrogen and oxygen atoms in total. The molecule has 0 saturated heterocycles. The van der Waals surface area contributed by atoms with Gasteiger partial charge in [0.1, 0.15) is 5.52 Å². The second kappa shape index (κ2) is 5.14. The number of nitrogens with zero attached hydrogens (tertiary/aromatic N) is 3. The van der Waals surface area contributed by atoms with Gasteiger partial charge in [0.25, 0.3) is 0 Å². The van der Waals surface area contributed by atoms with Gasteiger partial charge in [-0.05, 0) is 12.1 Å². The van der Waals surface area contributed by atoms with E-state index >= 15 is 0 Å². The van der Waals surface area contributed by atoms with Crippen molar-refractivity contribution in [2.45, 2.75) is 63.3 Å². The summed E-state index contributed by atoms with van der Waals surface area (Å²) >= 11 is 0. The second-order valence-electron chi connectivity index (χ2n) is 9.45. The van der Waals surface area contributed by atoms with E-state index in [2.05, 4.69) is 93.0 Å². The van der Waals surface area contributed by atoms with Crippen LogP contribution in [0.15, 0.2) is 24.3 Å². The van der Waals surface area contributed by atoms with Crippen LogP contribution in [0.4, 0.5) is 0 Å². The molecular weight excluding hydrogens is 318 g/mol. The molecule has 0 atom stereocenters. The first-order valence-corrected chi connectivity index (χ1v) is 18.6. The topological polar surface area (TPSA) is 30.7 Å². The Bertz CT molecular complexity index is 636. The van der Waals surface area contributed by atoms with Crippen molar-refractivity contribution in [1.29, 1.82) is 0 Å². The van der Waals surface area contributed by atoms with Gasteiger partial charge < -0.3 is 0 Å². The average Bonchev–Trinajstić information content (AvgIpc) is 2.68. The maximum Gasteiger partial charge on any atom is 0.113 e. The highest BCUT2D eigenvalue weighted by molar-refractivity contribution is 7.13. The molecule has 1 heterocycles. The minimum atomic E-state index is -1.55. The van der Waals surface area contributed by atoms with Gasteiger partial charge in [0.2, 0.25) is 0 Å². The number of hydrogen-bond donors (Lipinski definition) is 0. The molecular formula is C16H31N3Si3. The van der Waals surface area contributed by atoms with Crippen molar-refractivity contribution in [2.75, 3.05) is 0 Å². The van der Waals surface area contributed by atoms with Crippen LogP contribution in [0.5, 0.6) is 0 Å². The highest BCUT2D eigenvalue weighted by Crippen LogP contribution is 2.46. The van der Waals surface area contributed by atoms with Crippen LogP contribution in [-0.2, 0) is 4.41 Å². The fraction of sp³-hybridized carbons (Fsp3) is 0.625. The van der Waals surface area contributed by atoms with Crippen molar-refractivity contribution in [3.8, 4) is 0 Å². The standard InChI is InChI=1S/C16H31N3Si3/c1-20(2,3)16(21(4,5)6,22(7,8)9)19-15-13-11-10-12-14(15)17-18-19/h10-13H,1-9H3. The van der Waals surface area contributed by atoms with Crippen LogP contribution in [0, 0.1) is 0 Å². The van der Waals surface area contributed by atoms with E-state index in [1.807, 2.05) is 0 Å². The number of hydrogen-bond acceptors (Lipinski definition) is 2. The summed E-state index contributed by atoms with van der Waals surface area (Å²) in [5.74, 6) is 0. The number of para-hydroxylation sites is 1. The van der Waals surface area contributed by atoms with E-state index in [1.54, 1.807) is 0 Å². The van der Waals surface area contributed by atoms with Gasteiger partial charge in [-0.15, -0.1) is 5.10 Å². The Balaban J connectivity index is 2.97. The smallest absolute Gasteiger partial charge is 0.113 e. The summed E-state index contributed by atoms with van der Waals surface area (Å²) in [5.41, 5.74) is 2.25. The zero-order chi connectivity index (χ0) is 17.0. The zero-order valence-corrected chi connectivity index (χ0v) is 18.7. The van der Waals surface area contributed by atoms with E-state index in [0.717, 1.165) is 5.52 Å². The third kappa shape index (κ3) is 2.35. The van der Waals surface area contributed by atoms with Crippen LogP contribution in [-0.4, -0.2) is 39.2 Å². The van der Waals surface area contributed by atoms with E-state index in [-0.39, 0.29) is 4.41 Å². The van der Waals surface area contributed by atoms with E-state index in [1.165, 1.54) is 5.52 Å². The molecule has 6 heteroatoms. The molecule has 22 heavy (non-hydrogen) atoms. The van der Waals surface area contributed by atoms with Gasteiger partial charge in [-0.25, -0.2) is 4.68 Å². The summed E-state index contributed by atoms with van der Waals surface area (Å²) < 4.78 is 2.61. The SMILES string of the molecule is C[Si](C)(C)C(n1nnc2ccccc21)([Si](C)(C)C)[Si](C)(C)C. The Morgan fingerprint density at radius 3 is 1.68 bits per heavy atom. The summed E-state index contributed by atoms with van der Waals surface area (Å²) in [7, 11) is -4.64. The maximum absolute atomic E-state index is 4.74. The second-order valence-corrected chi connectivity index (χ2v) is 26.6. The Morgan fingerprint density at radius 1 is 0.773 bits per heavy atom.